The first-order valence-electron chi connectivity index (χ1n) is 8.63. The van der Waals surface area contributed by atoms with Crippen LogP contribution in [0, 0.1) is 12.7 Å². The first-order chi connectivity index (χ1) is 12.8. The lowest BCUT2D eigenvalue weighted by atomic mass is 10.1. The third-order valence-electron chi connectivity index (χ3n) is 4.64. The highest BCUT2D eigenvalue weighted by Gasteiger charge is 2.28. The number of nitrogens with zero attached hydrogens (tertiary/aromatic N) is 2. The van der Waals surface area contributed by atoms with Crippen LogP contribution < -0.4 is 5.32 Å². The molecule has 2 aromatic rings. The second-order valence-corrected chi connectivity index (χ2v) is 8.59. The van der Waals surface area contributed by atoms with Crippen LogP contribution in [0.5, 0.6) is 0 Å². The molecule has 0 spiro atoms. The van der Waals surface area contributed by atoms with Crippen molar-refractivity contribution in [2.24, 2.45) is 0 Å². The van der Waals surface area contributed by atoms with Gasteiger partial charge in [0.1, 0.15) is 5.82 Å². The number of carbonyl (C=O) groups is 1. The van der Waals surface area contributed by atoms with Gasteiger partial charge in [0, 0.05) is 37.4 Å². The number of likely N-dealkylation sites (N-methyl/N-ethyl adjacent to an activating group) is 1. The van der Waals surface area contributed by atoms with E-state index in [0.29, 0.717) is 37.4 Å². The lowest BCUT2D eigenvalue weighted by molar-refractivity contribution is 0.102. The predicted molar refractivity (Wildman–Crippen MR) is 102 cm³/mol. The van der Waals surface area contributed by atoms with E-state index in [1.807, 2.05) is 7.05 Å². The van der Waals surface area contributed by atoms with Gasteiger partial charge in [-0.3, -0.25) is 4.79 Å². The summed E-state index contributed by atoms with van der Waals surface area (Å²) in [4.78, 5) is 14.7. The molecule has 27 heavy (non-hydrogen) atoms. The third-order valence-corrected chi connectivity index (χ3v) is 6.53. The zero-order valence-electron chi connectivity index (χ0n) is 15.3. The number of aryl methyl sites for hydroxylation is 1. The van der Waals surface area contributed by atoms with Crippen LogP contribution in [0.25, 0.3) is 0 Å². The lowest BCUT2D eigenvalue weighted by Crippen LogP contribution is -2.47. The molecule has 1 amide bonds. The van der Waals surface area contributed by atoms with Crippen molar-refractivity contribution in [3.63, 3.8) is 0 Å². The molecule has 1 N–H and O–H groups in total. The Morgan fingerprint density at radius 3 is 2.44 bits per heavy atom. The average molecular weight is 391 g/mol. The fourth-order valence-electron chi connectivity index (χ4n) is 2.95. The molecule has 1 aliphatic heterocycles. The van der Waals surface area contributed by atoms with Crippen LogP contribution in [0.4, 0.5) is 10.1 Å². The highest BCUT2D eigenvalue weighted by atomic mass is 32.2. The summed E-state index contributed by atoms with van der Waals surface area (Å²) in [5, 5.41) is 2.61. The number of hydrogen-bond donors (Lipinski definition) is 1. The van der Waals surface area contributed by atoms with Crippen molar-refractivity contribution in [3.05, 3.63) is 59.4 Å². The fourth-order valence-corrected chi connectivity index (χ4v) is 4.40. The Morgan fingerprint density at radius 2 is 1.78 bits per heavy atom. The number of amides is 1. The SMILES string of the molecule is Cc1ccc(S(=O)(=O)N2CCN(C)CC2)cc1C(=O)Nc1cccc(F)c1. The van der Waals surface area contributed by atoms with Gasteiger partial charge in [-0.2, -0.15) is 4.31 Å². The Labute approximate surface area is 158 Å². The topological polar surface area (TPSA) is 69.7 Å². The van der Waals surface area contributed by atoms with E-state index in [1.54, 1.807) is 19.1 Å². The summed E-state index contributed by atoms with van der Waals surface area (Å²) in [6.45, 7) is 3.89. The monoisotopic (exact) mass is 391 g/mol. The Bertz CT molecular complexity index is 954. The summed E-state index contributed by atoms with van der Waals surface area (Å²) in [6.07, 6.45) is 0. The molecule has 144 valence electrons. The van der Waals surface area contributed by atoms with E-state index < -0.39 is 21.7 Å². The molecule has 1 fully saturated rings. The molecule has 0 aromatic heterocycles. The van der Waals surface area contributed by atoms with Crippen molar-refractivity contribution in [3.8, 4) is 0 Å². The van der Waals surface area contributed by atoms with Crippen molar-refractivity contribution < 1.29 is 17.6 Å². The van der Waals surface area contributed by atoms with Crippen LogP contribution >= 0.6 is 0 Å². The van der Waals surface area contributed by atoms with E-state index in [9.17, 15) is 17.6 Å². The van der Waals surface area contributed by atoms with E-state index in [2.05, 4.69) is 10.2 Å². The standard InChI is InChI=1S/C19H22FN3O3S/c1-14-6-7-17(27(25,26)23-10-8-22(2)9-11-23)13-18(14)19(24)21-16-5-3-4-15(20)12-16/h3-7,12-13H,8-11H2,1-2H3,(H,21,24). The molecule has 1 aliphatic rings. The number of sulfonamides is 1. The quantitative estimate of drug-likeness (QED) is 0.869. The van der Waals surface area contributed by atoms with Gasteiger partial charge in [-0.1, -0.05) is 12.1 Å². The highest BCUT2D eigenvalue weighted by molar-refractivity contribution is 7.89. The second kappa shape index (κ2) is 7.75. The van der Waals surface area contributed by atoms with Gasteiger partial charge < -0.3 is 10.2 Å². The minimum absolute atomic E-state index is 0.0852. The molecule has 0 radical (unpaired) electrons. The molecule has 0 aliphatic carbocycles. The number of halogens is 1. The lowest BCUT2D eigenvalue weighted by Gasteiger charge is -2.31. The van der Waals surface area contributed by atoms with Gasteiger partial charge in [0.2, 0.25) is 10.0 Å². The van der Waals surface area contributed by atoms with Gasteiger partial charge >= 0.3 is 0 Å². The van der Waals surface area contributed by atoms with Crippen molar-refractivity contribution in [1.82, 2.24) is 9.21 Å². The summed E-state index contributed by atoms with van der Waals surface area (Å²) in [6, 6.07) is 10.1. The molecule has 2 aromatic carbocycles. The summed E-state index contributed by atoms with van der Waals surface area (Å²) < 4.78 is 40.6. The van der Waals surface area contributed by atoms with E-state index in [4.69, 9.17) is 0 Å². The van der Waals surface area contributed by atoms with E-state index in [-0.39, 0.29) is 10.5 Å². The van der Waals surface area contributed by atoms with E-state index in [0.717, 1.165) is 0 Å². The van der Waals surface area contributed by atoms with Crippen LogP contribution in [-0.2, 0) is 10.0 Å². The molecule has 0 atom stereocenters. The number of benzene rings is 2. The minimum Gasteiger partial charge on any atom is -0.322 e. The molecule has 0 saturated carbocycles. The summed E-state index contributed by atoms with van der Waals surface area (Å²) in [7, 11) is -1.72. The fraction of sp³-hybridized carbons (Fsp3) is 0.316. The summed E-state index contributed by atoms with van der Waals surface area (Å²) in [5.74, 6) is -0.940. The first-order valence-corrected chi connectivity index (χ1v) is 10.1. The molecule has 0 unspecified atom stereocenters. The maximum absolute atomic E-state index is 13.3. The van der Waals surface area contributed by atoms with Crippen molar-refractivity contribution in [2.45, 2.75) is 11.8 Å². The summed E-state index contributed by atoms with van der Waals surface area (Å²) in [5.41, 5.74) is 1.20. The normalized spacial score (nSPS) is 16.3. The van der Waals surface area contributed by atoms with Gasteiger partial charge in [-0.05, 0) is 49.9 Å². The van der Waals surface area contributed by atoms with Gasteiger partial charge in [0.25, 0.3) is 5.91 Å². The third kappa shape index (κ3) is 4.35. The number of nitrogens with one attached hydrogen (secondary N) is 1. The Hall–Kier alpha value is -2.29. The Kier molecular flexibility index (Phi) is 5.59. The number of piperazine rings is 1. The maximum Gasteiger partial charge on any atom is 0.255 e. The van der Waals surface area contributed by atoms with Crippen LogP contribution in [0.2, 0.25) is 0 Å². The average Bonchev–Trinajstić information content (AvgIpc) is 2.62. The second-order valence-electron chi connectivity index (χ2n) is 6.65. The molecule has 8 heteroatoms. The molecule has 3 rings (SSSR count). The highest BCUT2D eigenvalue weighted by Crippen LogP contribution is 2.22. The zero-order chi connectivity index (χ0) is 19.6. The van der Waals surface area contributed by atoms with Gasteiger partial charge in [-0.25, -0.2) is 12.8 Å². The molecule has 1 heterocycles. The van der Waals surface area contributed by atoms with Crippen molar-refractivity contribution in [2.75, 3.05) is 38.5 Å². The van der Waals surface area contributed by atoms with Crippen LogP contribution in [0.3, 0.4) is 0 Å². The molecular weight excluding hydrogens is 369 g/mol. The molecular formula is C19H22FN3O3S. The largest absolute Gasteiger partial charge is 0.322 e. The van der Waals surface area contributed by atoms with Crippen molar-refractivity contribution in [1.29, 1.82) is 0 Å². The van der Waals surface area contributed by atoms with Gasteiger partial charge in [0.15, 0.2) is 0 Å². The van der Waals surface area contributed by atoms with Crippen LogP contribution in [0.15, 0.2) is 47.4 Å². The number of hydrogen-bond acceptors (Lipinski definition) is 4. The molecule has 0 bridgehead atoms. The smallest absolute Gasteiger partial charge is 0.255 e. The molecule has 1 saturated heterocycles. The number of carbonyl (C=O) groups excluding carboxylic acids is 1. The maximum atomic E-state index is 13.3. The number of rotatable bonds is 4. The molecule has 6 nitrogen and oxygen atoms in total. The van der Waals surface area contributed by atoms with Crippen LogP contribution in [0.1, 0.15) is 15.9 Å². The predicted octanol–water partition coefficient (Wildman–Crippen LogP) is 2.32. The van der Waals surface area contributed by atoms with Gasteiger partial charge in [0.05, 0.1) is 4.90 Å². The Balaban J connectivity index is 1.86. The van der Waals surface area contributed by atoms with Crippen LogP contribution in [-0.4, -0.2) is 56.8 Å². The Morgan fingerprint density at radius 1 is 1.07 bits per heavy atom. The number of anilines is 1. The van der Waals surface area contributed by atoms with E-state index in [1.165, 1.54) is 34.6 Å². The van der Waals surface area contributed by atoms with E-state index >= 15 is 0 Å². The minimum atomic E-state index is -3.67. The summed E-state index contributed by atoms with van der Waals surface area (Å²) >= 11 is 0. The van der Waals surface area contributed by atoms with Gasteiger partial charge in [-0.15, -0.1) is 0 Å². The van der Waals surface area contributed by atoms with Crippen molar-refractivity contribution >= 4 is 21.6 Å². The first kappa shape index (κ1) is 19.5. The zero-order valence-corrected chi connectivity index (χ0v) is 16.1.